The Morgan fingerprint density at radius 3 is 2.29 bits per heavy atom. The number of benzene rings is 2. The van der Waals surface area contributed by atoms with Crippen LogP contribution in [-0.4, -0.2) is 25.7 Å². The SMILES string of the molecule is O=C(O)c1cncn1Cc1ccc(-c2ccccc2-c2c(O)c(=O)c2=O)cc1. The van der Waals surface area contributed by atoms with Crippen LogP contribution in [0.3, 0.4) is 0 Å². The van der Waals surface area contributed by atoms with Gasteiger partial charge in [-0.1, -0.05) is 48.5 Å². The number of hydrogen-bond acceptors (Lipinski definition) is 5. The third-order valence-electron chi connectivity index (χ3n) is 4.63. The van der Waals surface area contributed by atoms with Crippen LogP contribution >= 0.6 is 0 Å². The molecule has 4 rings (SSSR count). The molecular formula is C21H14N2O5. The monoisotopic (exact) mass is 374 g/mol. The summed E-state index contributed by atoms with van der Waals surface area (Å²) < 4.78 is 1.53. The molecule has 138 valence electrons. The molecular weight excluding hydrogens is 360 g/mol. The summed E-state index contributed by atoms with van der Waals surface area (Å²) in [4.78, 5) is 38.3. The van der Waals surface area contributed by atoms with Gasteiger partial charge in [-0.05, 0) is 22.3 Å². The van der Waals surface area contributed by atoms with E-state index in [0.717, 1.165) is 11.1 Å². The zero-order chi connectivity index (χ0) is 19.8. The smallest absolute Gasteiger partial charge is 0.354 e. The minimum atomic E-state index is -1.05. The summed E-state index contributed by atoms with van der Waals surface area (Å²) in [5.41, 5.74) is 1.47. The first-order valence-corrected chi connectivity index (χ1v) is 8.41. The van der Waals surface area contributed by atoms with Crippen molar-refractivity contribution in [2.45, 2.75) is 6.54 Å². The first-order valence-electron chi connectivity index (χ1n) is 8.41. The van der Waals surface area contributed by atoms with Gasteiger partial charge in [0.25, 0.3) is 5.43 Å². The van der Waals surface area contributed by atoms with Gasteiger partial charge >= 0.3 is 5.97 Å². The van der Waals surface area contributed by atoms with Gasteiger partial charge in [-0.3, -0.25) is 9.59 Å². The Bertz CT molecular complexity index is 1260. The number of carboxylic acids is 1. The van der Waals surface area contributed by atoms with E-state index in [0.29, 0.717) is 17.7 Å². The molecule has 0 radical (unpaired) electrons. The Kier molecular flexibility index (Phi) is 4.12. The van der Waals surface area contributed by atoms with Crippen LogP contribution in [0.25, 0.3) is 22.3 Å². The summed E-state index contributed by atoms with van der Waals surface area (Å²) in [6, 6.07) is 14.4. The Labute approximate surface area is 158 Å². The van der Waals surface area contributed by atoms with E-state index in [1.54, 1.807) is 24.3 Å². The van der Waals surface area contributed by atoms with Crippen molar-refractivity contribution in [2.75, 3.05) is 0 Å². The van der Waals surface area contributed by atoms with Gasteiger partial charge in [0, 0.05) is 6.54 Å². The average molecular weight is 374 g/mol. The lowest BCUT2D eigenvalue weighted by atomic mass is 9.91. The topological polar surface area (TPSA) is 109 Å². The Hall–Kier alpha value is -4.00. The molecule has 0 amide bonds. The molecule has 0 aliphatic heterocycles. The maximum Gasteiger partial charge on any atom is 0.354 e. The van der Waals surface area contributed by atoms with Crippen molar-refractivity contribution in [1.82, 2.24) is 9.55 Å². The van der Waals surface area contributed by atoms with E-state index in [9.17, 15) is 19.5 Å². The molecule has 0 saturated carbocycles. The van der Waals surface area contributed by atoms with Gasteiger partial charge in [-0.25, -0.2) is 9.78 Å². The normalized spacial score (nSPS) is 11.0. The number of hydrogen-bond donors (Lipinski definition) is 2. The number of aromatic nitrogens is 2. The molecule has 0 aliphatic carbocycles. The number of aromatic carboxylic acids is 1. The van der Waals surface area contributed by atoms with Crippen LogP contribution in [0.4, 0.5) is 0 Å². The molecule has 0 bridgehead atoms. The maximum absolute atomic E-state index is 11.9. The minimum absolute atomic E-state index is 0.0363. The number of rotatable bonds is 5. The van der Waals surface area contributed by atoms with E-state index >= 15 is 0 Å². The molecule has 0 unspecified atom stereocenters. The van der Waals surface area contributed by atoms with Gasteiger partial charge in [0.1, 0.15) is 5.69 Å². The molecule has 3 aromatic carbocycles. The third-order valence-corrected chi connectivity index (χ3v) is 4.63. The van der Waals surface area contributed by atoms with Crippen molar-refractivity contribution < 1.29 is 15.0 Å². The zero-order valence-electron chi connectivity index (χ0n) is 14.5. The van der Waals surface area contributed by atoms with Crippen LogP contribution in [0.5, 0.6) is 5.75 Å². The fourth-order valence-corrected chi connectivity index (χ4v) is 3.19. The van der Waals surface area contributed by atoms with E-state index in [-0.39, 0.29) is 11.3 Å². The highest BCUT2D eigenvalue weighted by Crippen LogP contribution is 2.34. The molecule has 7 nitrogen and oxygen atoms in total. The second-order valence-electron chi connectivity index (χ2n) is 6.34. The lowest BCUT2D eigenvalue weighted by molar-refractivity contribution is 0.0685. The summed E-state index contributed by atoms with van der Waals surface area (Å²) in [5, 5.41) is 18.9. The van der Waals surface area contributed by atoms with Gasteiger partial charge in [0.15, 0.2) is 5.75 Å². The van der Waals surface area contributed by atoms with Crippen LogP contribution in [0.15, 0.2) is 70.6 Å². The average Bonchev–Trinajstić information content (AvgIpc) is 3.17. The predicted molar refractivity (Wildman–Crippen MR) is 102 cm³/mol. The summed E-state index contributed by atoms with van der Waals surface area (Å²) in [6.45, 7) is 0.350. The molecule has 28 heavy (non-hydrogen) atoms. The van der Waals surface area contributed by atoms with E-state index in [1.807, 2.05) is 24.3 Å². The highest BCUT2D eigenvalue weighted by molar-refractivity contribution is 5.87. The molecule has 0 spiro atoms. The van der Waals surface area contributed by atoms with Crippen molar-refractivity contribution >= 4 is 5.97 Å². The van der Waals surface area contributed by atoms with Crippen molar-refractivity contribution in [3.8, 4) is 28.0 Å². The van der Waals surface area contributed by atoms with Crippen molar-refractivity contribution in [2.24, 2.45) is 0 Å². The number of imidazole rings is 1. The summed E-state index contributed by atoms with van der Waals surface area (Å²) in [5.74, 6) is -1.55. The van der Waals surface area contributed by atoms with E-state index < -0.39 is 22.6 Å². The zero-order valence-corrected chi connectivity index (χ0v) is 14.5. The maximum atomic E-state index is 11.9. The molecule has 0 saturated heterocycles. The standard InChI is InChI=1S/C21H14N2O5/c24-18-17(19(25)20(18)26)15-4-2-1-3-14(15)13-7-5-12(6-8-13)10-23-11-22-9-16(23)21(27)28/h1-9,11,24H,10H2,(H,27,28). The first kappa shape index (κ1) is 17.4. The third kappa shape index (κ3) is 2.79. The lowest BCUT2D eigenvalue weighted by Crippen LogP contribution is -2.31. The largest absolute Gasteiger partial charge is 0.503 e. The second kappa shape index (κ2) is 6.62. The molecule has 2 N–H and O–H groups in total. The second-order valence-corrected chi connectivity index (χ2v) is 6.34. The van der Waals surface area contributed by atoms with Crippen LogP contribution in [0.2, 0.25) is 0 Å². The summed E-state index contributed by atoms with van der Waals surface area (Å²) in [7, 11) is 0. The number of aromatic hydroxyl groups is 1. The van der Waals surface area contributed by atoms with E-state index in [4.69, 9.17) is 5.11 Å². The fourth-order valence-electron chi connectivity index (χ4n) is 3.19. The Morgan fingerprint density at radius 1 is 0.964 bits per heavy atom. The van der Waals surface area contributed by atoms with Gasteiger partial charge in [-0.2, -0.15) is 0 Å². The summed E-state index contributed by atoms with van der Waals surface area (Å²) in [6.07, 6.45) is 2.76. The molecule has 1 aromatic heterocycles. The fraction of sp³-hybridized carbons (Fsp3) is 0.0476. The first-order chi connectivity index (χ1) is 13.5. The van der Waals surface area contributed by atoms with Gasteiger partial charge in [-0.15, -0.1) is 0 Å². The molecule has 1 heterocycles. The molecule has 0 fully saturated rings. The number of carbonyl (C=O) groups is 1. The lowest BCUT2D eigenvalue weighted by Gasteiger charge is -2.13. The van der Waals surface area contributed by atoms with Crippen molar-refractivity contribution in [3.05, 3.63) is 92.8 Å². The molecule has 4 aromatic rings. The van der Waals surface area contributed by atoms with Crippen molar-refractivity contribution in [3.63, 3.8) is 0 Å². The van der Waals surface area contributed by atoms with Gasteiger partial charge in [0.2, 0.25) is 5.43 Å². The van der Waals surface area contributed by atoms with Crippen LogP contribution < -0.4 is 10.9 Å². The van der Waals surface area contributed by atoms with E-state index in [1.165, 1.54) is 17.1 Å². The van der Waals surface area contributed by atoms with Crippen LogP contribution in [0.1, 0.15) is 16.1 Å². The van der Waals surface area contributed by atoms with Crippen molar-refractivity contribution in [1.29, 1.82) is 0 Å². The highest BCUT2D eigenvalue weighted by Gasteiger charge is 2.23. The Morgan fingerprint density at radius 2 is 1.64 bits per heavy atom. The van der Waals surface area contributed by atoms with E-state index in [2.05, 4.69) is 4.98 Å². The van der Waals surface area contributed by atoms with Crippen LogP contribution in [-0.2, 0) is 6.54 Å². The molecule has 7 heteroatoms. The highest BCUT2D eigenvalue weighted by atomic mass is 16.4. The summed E-state index contributed by atoms with van der Waals surface area (Å²) >= 11 is 0. The molecule has 0 atom stereocenters. The van der Waals surface area contributed by atoms with Crippen LogP contribution in [0, 0.1) is 0 Å². The number of nitrogens with zero attached hydrogens (tertiary/aromatic N) is 2. The predicted octanol–water partition coefficient (Wildman–Crippen LogP) is 2.27. The Balaban J connectivity index is 1.67. The molecule has 0 aliphatic rings. The minimum Gasteiger partial charge on any atom is -0.503 e. The number of carboxylic acid groups (broad SMARTS) is 1. The van der Waals surface area contributed by atoms with Gasteiger partial charge < -0.3 is 14.8 Å². The van der Waals surface area contributed by atoms with Gasteiger partial charge in [0.05, 0.1) is 18.1 Å². The quantitative estimate of drug-likeness (QED) is 0.519.